The Morgan fingerprint density at radius 2 is 1.79 bits per heavy atom. The second kappa shape index (κ2) is 3.85. The topological polar surface area (TPSA) is 77.8 Å². The Morgan fingerprint density at radius 1 is 1.29 bits per heavy atom. The van der Waals surface area contributed by atoms with Crippen molar-refractivity contribution in [1.82, 2.24) is 0 Å². The maximum absolute atomic E-state index is 10.5. The Kier molecular flexibility index (Phi) is 2.97. The minimum Gasteiger partial charge on any atom is -0.508 e. The molecule has 0 spiro atoms. The van der Waals surface area contributed by atoms with E-state index in [0.717, 1.165) is 0 Å². The van der Waals surface area contributed by atoms with Gasteiger partial charge in [-0.25, -0.2) is 0 Å². The van der Waals surface area contributed by atoms with Gasteiger partial charge in [0.25, 0.3) is 10.1 Å². The van der Waals surface area contributed by atoms with E-state index in [1.165, 1.54) is 24.1 Å². The molecule has 0 fully saturated rings. The van der Waals surface area contributed by atoms with Gasteiger partial charge < -0.3 is 10.0 Å². The molecule has 0 saturated heterocycles. The van der Waals surface area contributed by atoms with Crippen molar-refractivity contribution in [3.8, 4) is 5.75 Å². The first kappa shape index (κ1) is 10.8. The molecular weight excluding hydrogens is 206 g/mol. The molecule has 78 valence electrons. The SMILES string of the molecule is CN(CS(=O)(=O)O)c1ccc(O)cc1. The molecule has 1 aromatic rings. The molecule has 0 aromatic heterocycles. The number of hydrogen-bond donors (Lipinski definition) is 2. The van der Waals surface area contributed by atoms with E-state index < -0.39 is 16.0 Å². The molecule has 6 heteroatoms. The minimum atomic E-state index is -4.02. The summed E-state index contributed by atoms with van der Waals surface area (Å²) in [6.45, 7) is 0. The molecule has 1 rings (SSSR count). The minimum absolute atomic E-state index is 0.106. The third-order valence-corrected chi connectivity index (χ3v) is 2.36. The van der Waals surface area contributed by atoms with Crippen LogP contribution < -0.4 is 4.90 Å². The lowest BCUT2D eigenvalue weighted by Crippen LogP contribution is -2.24. The summed E-state index contributed by atoms with van der Waals surface area (Å²) in [4.78, 5) is 1.36. The average molecular weight is 217 g/mol. The van der Waals surface area contributed by atoms with E-state index in [-0.39, 0.29) is 5.75 Å². The first-order valence-corrected chi connectivity index (χ1v) is 5.45. The van der Waals surface area contributed by atoms with Crippen molar-refractivity contribution in [2.45, 2.75) is 0 Å². The molecule has 2 N–H and O–H groups in total. The van der Waals surface area contributed by atoms with Crippen LogP contribution in [0.1, 0.15) is 0 Å². The fourth-order valence-electron chi connectivity index (χ4n) is 1.03. The summed E-state index contributed by atoms with van der Waals surface area (Å²) in [6, 6.07) is 5.99. The van der Waals surface area contributed by atoms with E-state index in [1.54, 1.807) is 12.1 Å². The van der Waals surface area contributed by atoms with Crippen LogP contribution in [0.4, 0.5) is 5.69 Å². The maximum atomic E-state index is 10.5. The molecule has 14 heavy (non-hydrogen) atoms. The Balaban J connectivity index is 2.80. The van der Waals surface area contributed by atoms with Gasteiger partial charge in [0.1, 0.15) is 11.6 Å². The molecule has 0 aliphatic carbocycles. The van der Waals surface area contributed by atoms with E-state index in [0.29, 0.717) is 5.69 Å². The van der Waals surface area contributed by atoms with Crippen LogP contribution in [0.5, 0.6) is 5.75 Å². The van der Waals surface area contributed by atoms with Gasteiger partial charge in [-0.2, -0.15) is 8.42 Å². The highest BCUT2D eigenvalue weighted by Gasteiger charge is 2.09. The van der Waals surface area contributed by atoms with E-state index in [4.69, 9.17) is 9.66 Å². The lowest BCUT2D eigenvalue weighted by Gasteiger charge is -2.16. The Morgan fingerprint density at radius 3 is 2.21 bits per heavy atom. The van der Waals surface area contributed by atoms with E-state index in [2.05, 4.69) is 0 Å². The summed E-state index contributed by atoms with van der Waals surface area (Å²) in [6.07, 6.45) is 0. The van der Waals surface area contributed by atoms with Crippen molar-refractivity contribution >= 4 is 15.8 Å². The molecule has 1 aromatic carbocycles. The summed E-state index contributed by atoms with van der Waals surface area (Å²) in [5.41, 5.74) is 0.598. The zero-order valence-corrected chi connectivity index (χ0v) is 8.40. The van der Waals surface area contributed by atoms with Crippen LogP contribution in [0.2, 0.25) is 0 Å². The first-order valence-electron chi connectivity index (χ1n) is 3.84. The number of aromatic hydroxyl groups is 1. The zero-order chi connectivity index (χ0) is 10.8. The molecule has 0 unspecified atom stereocenters. The highest BCUT2D eigenvalue weighted by Crippen LogP contribution is 2.17. The number of anilines is 1. The second-order valence-corrected chi connectivity index (χ2v) is 4.35. The van der Waals surface area contributed by atoms with Gasteiger partial charge in [-0.15, -0.1) is 0 Å². The molecule has 0 saturated carbocycles. The van der Waals surface area contributed by atoms with Crippen molar-refractivity contribution in [3.63, 3.8) is 0 Å². The van der Waals surface area contributed by atoms with Crippen molar-refractivity contribution in [1.29, 1.82) is 0 Å². The van der Waals surface area contributed by atoms with Crippen LogP contribution in [0.15, 0.2) is 24.3 Å². The summed E-state index contributed by atoms with van der Waals surface area (Å²) in [7, 11) is -2.49. The molecular formula is C8H11NO4S. The third-order valence-electron chi connectivity index (χ3n) is 1.65. The predicted octanol–water partition coefficient (Wildman–Crippen LogP) is 0.674. The van der Waals surface area contributed by atoms with Gasteiger partial charge in [0.15, 0.2) is 0 Å². The summed E-state index contributed by atoms with van der Waals surface area (Å²) in [5, 5.41) is 8.98. The van der Waals surface area contributed by atoms with Gasteiger partial charge in [-0.05, 0) is 24.3 Å². The van der Waals surface area contributed by atoms with Crippen LogP contribution in [-0.2, 0) is 10.1 Å². The Bertz CT molecular complexity index is 398. The normalized spacial score (nSPS) is 11.3. The number of rotatable bonds is 3. The van der Waals surface area contributed by atoms with E-state index in [9.17, 15) is 8.42 Å². The van der Waals surface area contributed by atoms with Gasteiger partial charge in [-0.3, -0.25) is 4.55 Å². The number of benzene rings is 1. The Hall–Kier alpha value is -1.27. The summed E-state index contributed by atoms with van der Waals surface area (Å²) >= 11 is 0. The number of nitrogens with zero attached hydrogens (tertiary/aromatic N) is 1. The lowest BCUT2D eigenvalue weighted by molar-refractivity contribution is 0.475. The van der Waals surface area contributed by atoms with Crippen molar-refractivity contribution < 1.29 is 18.1 Å². The number of phenols is 1. The predicted molar refractivity (Wildman–Crippen MR) is 52.9 cm³/mol. The highest BCUT2D eigenvalue weighted by atomic mass is 32.2. The van der Waals surface area contributed by atoms with Gasteiger partial charge in [0.2, 0.25) is 0 Å². The highest BCUT2D eigenvalue weighted by molar-refractivity contribution is 7.85. The monoisotopic (exact) mass is 217 g/mol. The van der Waals surface area contributed by atoms with Crippen LogP contribution in [-0.4, -0.2) is 31.0 Å². The second-order valence-electron chi connectivity index (χ2n) is 2.93. The Labute approximate surface area is 82.3 Å². The van der Waals surface area contributed by atoms with Crippen molar-refractivity contribution in [2.75, 3.05) is 17.8 Å². The molecule has 0 bridgehead atoms. The van der Waals surface area contributed by atoms with Gasteiger partial charge in [-0.1, -0.05) is 0 Å². The van der Waals surface area contributed by atoms with Crippen molar-refractivity contribution in [2.24, 2.45) is 0 Å². The summed E-state index contributed by atoms with van der Waals surface area (Å²) in [5.74, 6) is -0.369. The molecule has 0 radical (unpaired) electrons. The standard InChI is InChI=1S/C8H11NO4S/c1-9(6-14(11,12)13)7-2-4-8(10)5-3-7/h2-5,10H,6H2,1H3,(H,11,12,13). The van der Waals surface area contributed by atoms with Gasteiger partial charge in [0, 0.05) is 12.7 Å². The fraction of sp³-hybridized carbons (Fsp3) is 0.250. The molecule has 0 aliphatic heterocycles. The fourth-order valence-corrected chi connectivity index (χ4v) is 1.66. The van der Waals surface area contributed by atoms with Crippen LogP contribution in [0.3, 0.4) is 0 Å². The molecule has 0 heterocycles. The molecule has 0 amide bonds. The first-order chi connectivity index (χ1) is 6.38. The maximum Gasteiger partial charge on any atom is 0.283 e. The zero-order valence-electron chi connectivity index (χ0n) is 7.58. The lowest BCUT2D eigenvalue weighted by atomic mass is 10.3. The number of phenolic OH excluding ortho intramolecular Hbond substituents is 1. The average Bonchev–Trinajstić information content (AvgIpc) is 2.02. The van der Waals surface area contributed by atoms with Crippen LogP contribution in [0, 0.1) is 0 Å². The quantitative estimate of drug-likeness (QED) is 0.728. The van der Waals surface area contributed by atoms with Crippen molar-refractivity contribution in [3.05, 3.63) is 24.3 Å². The largest absolute Gasteiger partial charge is 0.508 e. The van der Waals surface area contributed by atoms with Gasteiger partial charge >= 0.3 is 0 Å². The third kappa shape index (κ3) is 3.23. The van der Waals surface area contributed by atoms with Crippen LogP contribution in [0.25, 0.3) is 0 Å². The molecule has 5 nitrogen and oxygen atoms in total. The van der Waals surface area contributed by atoms with E-state index in [1.807, 2.05) is 0 Å². The van der Waals surface area contributed by atoms with Gasteiger partial charge in [0.05, 0.1) is 0 Å². The molecule has 0 aliphatic rings. The molecule has 0 atom stereocenters. The van der Waals surface area contributed by atoms with Crippen LogP contribution >= 0.6 is 0 Å². The summed E-state index contributed by atoms with van der Waals surface area (Å²) < 4.78 is 29.7. The van der Waals surface area contributed by atoms with E-state index >= 15 is 0 Å². The smallest absolute Gasteiger partial charge is 0.283 e. The number of hydrogen-bond acceptors (Lipinski definition) is 4.